The number of thioether (sulfide) groups is 1. The minimum Gasteiger partial charge on any atom is -0.479 e. The molecule has 0 aliphatic carbocycles. The standard InChI is InChI=1S/C11H17NO4S/c1-7-2-3-8(16-7)9(13)12-11(10(14)15)4-5-17-6-11/h7-8H,2-6H2,1H3,(H,12,13)(H,14,15)/t7-,8-,11-/m1/s1. The smallest absolute Gasteiger partial charge is 0.330 e. The summed E-state index contributed by atoms with van der Waals surface area (Å²) < 4.78 is 5.45. The van der Waals surface area contributed by atoms with E-state index in [1.165, 1.54) is 0 Å². The molecule has 2 aliphatic heterocycles. The van der Waals surface area contributed by atoms with Crippen molar-refractivity contribution in [1.82, 2.24) is 5.32 Å². The Hall–Kier alpha value is -0.750. The molecule has 0 aromatic rings. The predicted octanol–water partition coefficient (Wildman–Crippen LogP) is 0.630. The van der Waals surface area contributed by atoms with E-state index in [4.69, 9.17) is 4.74 Å². The molecule has 17 heavy (non-hydrogen) atoms. The van der Waals surface area contributed by atoms with E-state index in [0.29, 0.717) is 18.6 Å². The first-order chi connectivity index (χ1) is 8.03. The van der Waals surface area contributed by atoms with E-state index in [1.807, 2.05) is 6.92 Å². The first kappa shape index (κ1) is 12.7. The largest absolute Gasteiger partial charge is 0.479 e. The van der Waals surface area contributed by atoms with Crippen molar-refractivity contribution in [3.05, 3.63) is 0 Å². The molecular weight excluding hydrogens is 242 g/mol. The van der Waals surface area contributed by atoms with Crippen LogP contribution in [0.4, 0.5) is 0 Å². The normalized spacial score (nSPS) is 37.0. The molecule has 2 aliphatic rings. The number of ether oxygens (including phenoxy) is 1. The van der Waals surface area contributed by atoms with Gasteiger partial charge in [0.2, 0.25) is 5.91 Å². The molecule has 1 amide bonds. The second kappa shape index (κ2) is 4.86. The van der Waals surface area contributed by atoms with Crippen molar-refractivity contribution in [3.8, 4) is 0 Å². The van der Waals surface area contributed by atoms with Crippen LogP contribution in [0.25, 0.3) is 0 Å². The van der Waals surface area contributed by atoms with Gasteiger partial charge in [-0.15, -0.1) is 0 Å². The first-order valence-electron chi connectivity index (χ1n) is 5.82. The first-order valence-corrected chi connectivity index (χ1v) is 6.97. The van der Waals surface area contributed by atoms with Gasteiger partial charge >= 0.3 is 5.97 Å². The van der Waals surface area contributed by atoms with Gasteiger partial charge < -0.3 is 15.2 Å². The predicted molar refractivity (Wildman–Crippen MR) is 64.0 cm³/mol. The molecule has 0 spiro atoms. The van der Waals surface area contributed by atoms with Crippen LogP contribution in [0, 0.1) is 0 Å². The lowest BCUT2D eigenvalue weighted by molar-refractivity contribution is -0.148. The van der Waals surface area contributed by atoms with Crippen LogP contribution in [0.2, 0.25) is 0 Å². The van der Waals surface area contributed by atoms with Crippen LogP contribution in [-0.4, -0.2) is 46.2 Å². The highest BCUT2D eigenvalue weighted by Gasteiger charge is 2.45. The lowest BCUT2D eigenvalue weighted by Gasteiger charge is -2.26. The molecule has 0 aromatic carbocycles. The van der Waals surface area contributed by atoms with Crippen molar-refractivity contribution in [2.75, 3.05) is 11.5 Å². The number of hydrogen-bond donors (Lipinski definition) is 2. The number of rotatable bonds is 3. The van der Waals surface area contributed by atoms with Crippen molar-refractivity contribution in [2.45, 2.75) is 43.9 Å². The average molecular weight is 259 g/mol. The summed E-state index contributed by atoms with van der Waals surface area (Å²) >= 11 is 1.56. The van der Waals surface area contributed by atoms with Crippen molar-refractivity contribution in [2.24, 2.45) is 0 Å². The SMILES string of the molecule is C[C@@H]1CC[C@H](C(=O)N[C@]2(C(=O)O)CCSC2)O1. The van der Waals surface area contributed by atoms with Crippen molar-refractivity contribution in [1.29, 1.82) is 0 Å². The minimum atomic E-state index is -1.09. The number of carboxylic acids is 1. The number of carbonyl (C=O) groups excluding carboxylic acids is 1. The van der Waals surface area contributed by atoms with Crippen molar-refractivity contribution >= 4 is 23.6 Å². The number of amides is 1. The third kappa shape index (κ3) is 2.57. The van der Waals surface area contributed by atoms with E-state index in [-0.39, 0.29) is 12.0 Å². The van der Waals surface area contributed by atoms with Gasteiger partial charge in [-0.1, -0.05) is 0 Å². The quantitative estimate of drug-likeness (QED) is 0.777. The molecule has 0 aromatic heterocycles. The molecule has 2 rings (SSSR count). The maximum atomic E-state index is 11.9. The van der Waals surface area contributed by atoms with Gasteiger partial charge in [0.05, 0.1) is 6.10 Å². The van der Waals surface area contributed by atoms with Gasteiger partial charge in [0, 0.05) is 5.75 Å². The Morgan fingerprint density at radius 2 is 2.24 bits per heavy atom. The van der Waals surface area contributed by atoms with Crippen LogP contribution in [0.3, 0.4) is 0 Å². The molecule has 0 bridgehead atoms. The average Bonchev–Trinajstić information content (AvgIpc) is 2.87. The minimum absolute atomic E-state index is 0.0875. The van der Waals surface area contributed by atoms with Gasteiger partial charge in [-0.2, -0.15) is 11.8 Å². The molecule has 6 heteroatoms. The Morgan fingerprint density at radius 3 is 2.71 bits per heavy atom. The Bertz CT molecular complexity index is 327. The fraction of sp³-hybridized carbons (Fsp3) is 0.818. The van der Waals surface area contributed by atoms with Crippen molar-refractivity contribution < 1.29 is 19.4 Å². The second-order valence-corrected chi connectivity index (χ2v) is 5.80. The molecule has 0 saturated carbocycles. The molecule has 0 unspecified atom stereocenters. The van der Waals surface area contributed by atoms with E-state index < -0.39 is 17.6 Å². The summed E-state index contributed by atoms with van der Waals surface area (Å²) in [6, 6.07) is 0. The monoisotopic (exact) mass is 259 g/mol. The fourth-order valence-electron chi connectivity index (χ4n) is 2.20. The zero-order valence-corrected chi connectivity index (χ0v) is 10.6. The maximum absolute atomic E-state index is 11.9. The van der Waals surface area contributed by atoms with Crippen LogP contribution in [0.15, 0.2) is 0 Å². The third-order valence-electron chi connectivity index (χ3n) is 3.32. The zero-order chi connectivity index (χ0) is 12.5. The number of carboxylic acid groups (broad SMARTS) is 1. The molecule has 2 heterocycles. The molecule has 3 atom stereocenters. The van der Waals surface area contributed by atoms with Gasteiger partial charge in [0.1, 0.15) is 11.6 Å². The lowest BCUT2D eigenvalue weighted by atomic mass is 9.98. The van der Waals surface area contributed by atoms with E-state index in [1.54, 1.807) is 11.8 Å². The lowest BCUT2D eigenvalue weighted by Crippen LogP contribution is -2.57. The summed E-state index contributed by atoms with van der Waals surface area (Å²) in [5.41, 5.74) is -1.09. The third-order valence-corrected chi connectivity index (χ3v) is 4.51. The van der Waals surface area contributed by atoms with Crippen molar-refractivity contribution in [3.63, 3.8) is 0 Å². The molecule has 0 radical (unpaired) electrons. The van der Waals surface area contributed by atoms with E-state index >= 15 is 0 Å². The van der Waals surface area contributed by atoms with Crippen LogP contribution in [0.5, 0.6) is 0 Å². The molecular formula is C11H17NO4S. The van der Waals surface area contributed by atoms with Crippen LogP contribution >= 0.6 is 11.8 Å². The summed E-state index contributed by atoms with van der Waals surface area (Å²) in [6.07, 6.45) is 1.63. The topological polar surface area (TPSA) is 75.6 Å². The zero-order valence-electron chi connectivity index (χ0n) is 9.77. The number of hydrogen-bond acceptors (Lipinski definition) is 4. The molecule has 2 fully saturated rings. The molecule has 2 N–H and O–H groups in total. The van der Waals surface area contributed by atoms with Gasteiger partial charge in [-0.05, 0) is 31.9 Å². The molecule has 96 valence electrons. The van der Waals surface area contributed by atoms with E-state index in [2.05, 4.69) is 5.32 Å². The van der Waals surface area contributed by atoms with Gasteiger partial charge in [0.25, 0.3) is 0 Å². The maximum Gasteiger partial charge on any atom is 0.330 e. The summed E-state index contributed by atoms with van der Waals surface area (Å²) in [6.45, 7) is 1.92. The number of carbonyl (C=O) groups is 2. The summed E-state index contributed by atoms with van der Waals surface area (Å²) in [5, 5.41) is 11.9. The number of aliphatic carboxylic acids is 1. The van der Waals surface area contributed by atoms with Gasteiger partial charge in [-0.25, -0.2) is 4.79 Å². The van der Waals surface area contributed by atoms with Crippen LogP contribution < -0.4 is 5.32 Å². The Kier molecular flexibility index (Phi) is 3.63. The van der Waals surface area contributed by atoms with E-state index in [9.17, 15) is 14.7 Å². The summed E-state index contributed by atoms with van der Waals surface area (Å²) in [7, 11) is 0. The van der Waals surface area contributed by atoms with Gasteiger partial charge in [0.15, 0.2) is 0 Å². The molecule has 2 saturated heterocycles. The Morgan fingerprint density at radius 1 is 1.47 bits per heavy atom. The number of nitrogens with one attached hydrogen (secondary N) is 1. The second-order valence-electron chi connectivity index (χ2n) is 4.69. The highest BCUT2D eigenvalue weighted by molar-refractivity contribution is 7.99. The highest BCUT2D eigenvalue weighted by atomic mass is 32.2. The van der Waals surface area contributed by atoms with Crippen LogP contribution in [-0.2, 0) is 14.3 Å². The highest BCUT2D eigenvalue weighted by Crippen LogP contribution is 2.29. The summed E-state index contributed by atoms with van der Waals surface area (Å²) in [4.78, 5) is 23.2. The van der Waals surface area contributed by atoms with E-state index in [0.717, 1.165) is 12.2 Å². The Balaban J connectivity index is 1.99. The Labute approximate surface area is 104 Å². The molecule has 5 nitrogen and oxygen atoms in total. The summed E-state index contributed by atoms with van der Waals surface area (Å²) in [5.74, 6) is -0.00801. The fourth-order valence-corrected chi connectivity index (χ4v) is 3.52. The van der Waals surface area contributed by atoms with Gasteiger partial charge in [-0.3, -0.25) is 4.79 Å². The van der Waals surface area contributed by atoms with Crippen LogP contribution in [0.1, 0.15) is 26.2 Å².